The fourth-order valence-electron chi connectivity index (χ4n) is 1.70. The van der Waals surface area contributed by atoms with Crippen LogP contribution in [0, 0.1) is 0 Å². The number of nitrogens with two attached hydrogens (primary N) is 1. The zero-order valence-electron chi connectivity index (χ0n) is 11.1. The second-order valence-corrected chi connectivity index (χ2v) is 4.88. The van der Waals surface area contributed by atoms with Gasteiger partial charge < -0.3 is 11.1 Å². The molecule has 0 heterocycles. The molecule has 0 spiro atoms. The molecule has 0 aliphatic rings. The van der Waals surface area contributed by atoms with Gasteiger partial charge in [-0.3, -0.25) is 4.79 Å². The Bertz CT molecular complexity index is 499. The summed E-state index contributed by atoms with van der Waals surface area (Å²) in [7, 11) is 0. The summed E-state index contributed by atoms with van der Waals surface area (Å²) < 4.78 is 38.7. The molecule has 0 aliphatic carbocycles. The van der Waals surface area contributed by atoms with Gasteiger partial charge in [0.25, 0.3) is 0 Å². The van der Waals surface area contributed by atoms with Crippen molar-refractivity contribution in [2.24, 2.45) is 5.73 Å². The third kappa shape index (κ3) is 3.43. The standard InChI is InChI=1S/C13H16ClF3N2O/c1-3-12(18,4-2)11(20)19-10-8(13(15,16)17)6-5-7-9(10)14/h5-7H,3-4,18H2,1-2H3,(H,19,20). The van der Waals surface area contributed by atoms with E-state index in [4.69, 9.17) is 17.3 Å². The van der Waals surface area contributed by atoms with Gasteiger partial charge in [-0.05, 0) is 25.0 Å². The Kier molecular flexibility index (Phi) is 5.05. The lowest BCUT2D eigenvalue weighted by Gasteiger charge is -2.26. The first-order valence-electron chi connectivity index (χ1n) is 6.11. The predicted octanol–water partition coefficient (Wildman–Crippen LogP) is 3.81. The summed E-state index contributed by atoms with van der Waals surface area (Å²) in [5.41, 5.74) is 3.19. The predicted molar refractivity (Wildman–Crippen MR) is 72.6 cm³/mol. The molecular weight excluding hydrogens is 293 g/mol. The Morgan fingerprint density at radius 2 is 1.85 bits per heavy atom. The van der Waals surface area contributed by atoms with E-state index in [9.17, 15) is 18.0 Å². The minimum atomic E-state index is -4.61. The van der Waals surface area contributed by atoms with Gasteiger partial charge in [-0.25, -0.2) is 0 Å². The van der Waals surface area contributed by atoms with E-state index < -0.39 is 28.9 Å². The fourth-order valence-corrected chi connectivity index (χ4v) is 1.92. The molecule has 112 valence electrons. The highest BCUT2D eigenvalue weighted by molar-refractivity contribution is 6.34. The van der Waals surface area contributed by atoms with Gasteiger partial charge in [0.15, 0.2) is 0 Å². The first-order chi connectivity index (χ1) is 9.15. The number of hydrogen-bond donors (Lipinski definition) is 2. The summed E-state index contributed by atoms with van der Waals surface area (Å²) in [6.45, 7) is 3.39. The van der Waals surface area contributed by atoms with Gasteiger partial charge in [0.2, 0.25) is 5.91 Å². The molecular formula is C13H16ClF3N2O. The molecule has 3 N–H and O–H groups in total. The SMILES string of the molecule is CCC(N)(CC)C(=O)Nc1c(Cl)cccc1C(F)(F)F. The van der Waals surface area contributed by atoms with Gasteiger partial charge in [-0.15, -0.1) is 0 Å². The average molecular weight is 309 g/mol. The first-order valence-corrected chi connectivity index (χ1v) is 6.49. The van der Waals surface area contributed by atoms with Crippen LogP contribution in [0.25, 0.3) is 0 Å². The Hall–Kier alpha value is -1.27. The number of alkyl halides is 3. The van der Waals surface area contributed by atoms with Gasteiger partial charge in [0.1, 0.15) is 0 Å². The van der Waals surface area contributed by atoms with E-state index in [-0.39, 0.29) is 5.02 Å². The maximum absolute atomic E-state index is 12.9. The molecule has 1 rings (SSSR count). The number of para-hydroxylation sites is 1. The molecule has 0 unspecified atom stereocenters. The third-order valence-corrected chi connectivity index (χ3v) is 3.59. The van der Waals surface area contributed by atoms with Crippen molar-refractivity contribution in [3.05, 3.63) is 28.8 Å². The van der Waals surface area contributed by atoms with Crippen LogP contribution in [-0.4, -0.2) is 11.4 Å². The summed E-state index contributed by atoms with van der Waals surface area (Å²) in [5.74, 6) is -0.680. The van der Waals surface area contributed by atoms with Gasteiger partial charge in [-0.1, -0.05) is 31.5 Å². The van der Waals surface area contributed by atoms with Crippen molar-refractivity contribution in [3.8, 4) is 0 Å². The maximum Gasteiger partial charge on any atom is 0.418 e. The van der Waals surface area contributed by atoms with E-state index in [0.717, 1.165) is 6.07 Å². The van der Waals surface area contributed by atoms with Crippen molar-refractivity contribution in [2.45, 2.75) is 38.4 Å². The number of halogens is 4. The first kappa shape index (κ1) is 16.8. The molecule has 0 atom stereocenters. The zero-order valence-corrected chi connectivity index (χ0v) is 11.9. The normalized spacial score (nSPS) is 12.3. The molecule has 0 fully saturated rings. The summed E-state index contributed by atoms with van der Waals surface area (Å²) in [4.78, 5) is 12.1. The molecule has 1 amide bonds. The molecule has 0 aromatic heterocycles. The third-order valence-electron chi connectivity index (χ3n) is 3.27. The molecule has 0 aliphatic heterocycles. The van der Waals surface area contributed by atoms with Crippen LogP contribution in [-0.2, 0) is 11.0 Å². The number of benzene rings is 1. The topological polar surface area (TPSA) is 55.1 Å². The highest BCUT2D eigenvalue weighted by atomic mass is 35.5. The lowest BCUT2D eigenvalue weighted by atomic mass is 9.93. The van der Waals surface area contributed by atoms with Gasteiger partial charge in [0, 0.05) is 0 Å². The molecule has 3 nitrogen and oxygen atoms in total. The number of carbonyl (C=O) groups excluding carboxylic acids is 1. The van der Waals surface area contributed by atoms with E-state index in [0.29, 0.717) is 12.8 Å². The summed E-state index contributed by atoms with van der Waals surface area (Å²) in [6.07, 6.45) is -3.99. The summed E-state index contributed by atoms with van der Waals surface area (Å²) in [6, 6.07) is 3.32. The lowest BCUT2D eigenvalue weighted by molar-refractivity contribution is -0.137. The second-order valence-electron chi connectivity index (χ2n) is 4.48. The zero-order chi connectivity index (χ0) is 15.6. The van der Waals surface area contributed by atoms with Crippen LogP contribution < -0.4 is 11.1 Å². The number of anilines is 1. The van der Waals surface area contributed by atoms with Crippen LogP contribution in [0.3, 0.4) is 0 Å². The Balaban J connectivity index is 3.19. The molecule has 0 saturated carbocycles. The highest BCUT2D eigenvalue weighted by Gasteiger charge is 2.37. The van der Waals surface area contributed by atoms with E-state index >= 15 is 0 Å². The Morgan fingerprint density at radius 3 is 2.30 bits per heavy atom. The van der Waals surface area contributed by atoms with Gasteiger partial charge in [-0.2, -0.15) is 13.2 Å². The second kappa shape index (κ2) is 6.01. The molecule has 20 heavy (non-hydrogen) atoms. The number of nitrogens with one attached hydrogen (secondary N) is 1. The molecule has 0 saturated heterocycles. The lowest BCUT2D eigenvalue weighted by Crippen LogP contribution is -2.50. The van der Waals surface area contributed by atoms with Crippen molar-refractivity contribution in [2.75, 3.05) is 5.32 Å². The quantitative estimate of drug-likeness (QED) is 0.888. The van der Waals surface area contributed by atoms with Crippen LogP contribution >= 0.6 is 11.6 Å². The maximum atomic E-state index is 12.9. The minimum Gasteiger partial charge on any atom is -0.323 e. The van der Waals surface area contributed by atoms with Crippen molar-refractivity contribution in [3.63, 3.8) is 0 Å². The molecule has 1 aromatic carbocycles. The monoisotopic (exact) mass is 308 g/mol. The Morgan fingerprint density at radius 1 is 1.30 bits per heavy atom. The Labute approximate surface area is 120 Å². The summed E-state index contributed by atoms with van der Waals surface area (Å²) in [5, 5.41) is 2.03. The van der Waals surface area contributed by atoms with Gasteiger partial charge in [0.05, 0.1) is 21.8 Å². The smallest absolute Gasteiger partial charge is 0.323 e. The number of hydrogen-bond acceptors (Lipinski definition) is 2. The molecule has 0 bridgehead atoms. The van der Waals surface area contributed by atoms with E-state index in [1.54, 1.807) is 13.8 Å². The molecule has 1 aromatic rings. The average Bonchev–Trinajstić information content (AvgIpc) is 2.38. The van der Waals surface area contributed by atoms with Crippen LogP contribution in [0.5, 0.6) is 0 Å². The van der Waals surface area contributed by atoms with Gasteiger partial charge >= 0.3 is 6.18 Å². The van der Waals surface area contributed by atoms with Crippen molar-refractivity contribution in [1.82, 2.24) is 0 Å². The van der Waals surface area contributed by atoms with Crippen molar-refractivity contribution >= 4 is 23.2 Å². The van der Waals surface area contributed by atoms with E-state index in [1.807, 2.05) is 0 Å². The van der Waals surface area contributed by atoms with Crippen LogP contribution in [0.15, 0.2) is 18.2 Å². The highest BCUT2D eigenvalue weighted by Crippen LogP contribution is 2.38. The fraction of sp³-hybridized carbons (Fsp3) is 0.462. The van der Waals surface area contributed by atoms with Crippen molar-refractivity contribution in [1.29, 1.82) is 0 Å². The van der Waals surface area contributed by atoms with Crippen molar-refractivity contribution < 1.29 is 18.0 Å². The number of carbonyl (C=O) groups is 1. The van der Waals surface area contributed by atoms with E-state index in [2.05, 4.69) is 5.32 Å². The minimum absolute atomic E-state index is 0.178. The van der Waals surface area contributed by atoms with Crippen LogP contribution in [0.4, 0.5) is 18.9 Å². The summed E-state index contributed by atoms with van der Waals surface area (Å²) >= 11 is 5.76. The number of amides is 1. The largest absolute Gasteiger partial charge is 0.418 e. The van der Waals surface area contributed by atoms with Crippen LogP contribution in [0.1, 0.15) is 32.3 Å². The van der Waals surface area contributed by atoms with E-state index in [1.165, 1.54) is 12.1 Å². The number of rotatable bonds is 4. The molecule has 0 radical (unpaired) electrons. The molecule has 7 heteroatoms. The van der Waals surface area contributed by atoms with Crippen LogP contribution in [0.2, 0.25) is 5.02 Å².